The number of aromatic nitrogens is 1. The number of pyridine rings is 1. The van der Waals surface area contributed by atoms with E-state index in [-0.39, 0.29) is 63.3 Å². The second kappa shape index (κ2) is 10.7. The number of halogens is 8. The average molecular weight is 655 g/mol. The molecule has 3 aliphatic rings. The van der Waals surface area contributed by atoms with E-state index in [1.807, 2.05) is 0 Å². The highest BCUT2D eigenvalue weighted by Crippen LogP contribution is 2.56. The van der Waals surface area contributed by atoms with Crippen molar-refractivity contribution in [3.63, 3.8) is 0 Å². The van der Waals surface area contributed by atoms with Crippen LogP contribution >= 0.6 is 0 Å². The summed E-state index contributed by atoms with van der Waals surface area (Å²) in [6.07, 6.45) is -12.8. The third-order valence-corrected chi connectivity index (χ3v) is 11.7. The number of alkyl halides is 7. The molecule has 7 nitrogen and oxygen atoms in total. The minimum Gasteiger partial charge on any atom is -0.481 e. The number of nitrogens with zero attached hydrogens (tertiary/aromatic N) is 2. The average Bonchev–Trinajstić information content (AvgIpc) is 3.37. The number of amides is 1. The van der Waals surface area contributed by atoms with Gasteiger partial charge in [-0.15, -0.1) is 0 Å². The maximum atomic E-state index is 14.9. The second-order valence-corrected chi connectivity index (χ2v) is 13.7. The Morgan fingerprint density at radius 3 is 2.02 bits per heavy atom. The molecule has 1 aliphatic heterocycles. The van der Waals surface area contributed by atoms with Gasteiger partial charge in [-0.1, -0.05) is 0 Å². The lowest BCUT2D eigenvalue weighted by molar-refractivity contribution is -0.348. The molecule has 2 heterocycles. The molecule has 1 saturated carbocycles. The lowest BCUT2D eigenvalue weighted by Crippen LogP contribution is -2.54. The van der Waals surface area contributed by atoms with Crippen LogP contribution in [0, 0.1) is 17.7 Å². The van der Waals surface area contributed by atoms with E-state index >= 15 is 0 Å². The first-order valence-corrected chi connectivity index (χ1v) is 15.2. The number of sulfone groups is 1. The molecule has 1 amide bonds. The first kappa shape index (κ1) is 32.1. The van der Waals surface area contributed by atoms with E-state index in [9.17, 15) is 58.2 Å². The molecule has 240 valence electrons. The molecule has 2 fully saturated rings. The monoisotopic (exact) mass is 654 g/mol. The summed E-state index contributed by atoms with van der Waals surface area (Å²) >= 11 is 0. The highest BCUT2D eigenvalue weighted by atomic mass is 32.2. The van der Waals surface area contributed by atoms with Crippen molar-refractivity contribution >= 4 is 21.7 Å². The van der Waals surface area contributed by atoms with Crippen LogP contribution in [-0.4, -0.2) is 60.2 Å². The molecule has 16 heteroatoms. The Balaban J connectivity index is 1.62. The topological polar surface area (TPSA) is 105 Å². The van der Waals surface area contributed by atoms with Crippen LogP contribution in [0.1, 0.15) is 55.3 Å². The van der Waals surface area contributed by atoms with E-state index in [0.29, 0.717) is 6.07 Å². The van der Waals surface area contributed by atoms with E-state index in [4.69, 9.17) is 0 Å². The molecular formula is C28H26F8N2O5S. The summed E-state index contributed by atoms with van der Waals surface area (Å²) in [5.41, 5.74) is -8.39. The van der Waals surface area contributed by atoms with Gasteiger partial charge in [0.15, 0.2) is 9.84 Å². The summed E-state index contributed by atoms with van der Waals surface area (Å²) in [5.74, 6) is -3.48. The van der Waals surface area contributed by atoms with Crippen molar-refractivity contribution in [2.24, 2.45) is 11.8 Å². The summed E-state index contributed by atoms with van der Waals surface area (Å²) in [4.78, 5) is 29.7. The number of hydrogen-bond donors (Lipinski definition) is 1. The van der Waals surface area contributed by atoms with Gasteiger partial charge in [0, 0.05) is 24.2 Å². The van der Waals surface area contributed by atoms with Crippen molar-refractivity contribution in [2.75, 3.05) is 6.54 Å². The molecule has 2 unspecified atom stereocenters. The van der Waals surface area contributed by atoms with Crippen LogP contribution in [0.25, 0.3) is 0 Å². The zero-order valence-electron chi connectivity index (χ0n) is 22.8. The SMILES string of the molecule is O=C(O)[C@H]1CC[C@H](C(=O)N2CCC3(S(=O)(=O)c4ccc(F)cc4)c4ncc(C(F)(C(F)(F)F)C(F)(F)F)cc4CCC23)CC1. The zero-order valence-corrected chi connectivity index (χ0v) is 23.6. The Labute approximate surface area is 246 Å². The third-order valence-electron chi connectivity index (χ3n) is 9.18. The van der Waals surface area contributed by atoms with Crippen LogP contribution in [0.3, 0.4) is 0 Å². The fraction of sp³-hybridized carbons (Fsp3) is 0.536. The van der Waals surface area contributed by atoms with Crippen molar-refractivity contribution < 1.29 is 58.2 Å². The largest absolute Gasteiger partial charge is 0.481 e. The summed E-state index contributed by atoms with van der Waals surface area (Å²) in [6.45, 7) is -0.163. The van der Waals surface area contributed by atoms with E-state index in [1.165, 1.54) is 4.90 Å². The van der Waals surface area contributed by atoms with Crippen LogP contribution in [0.5, 0.6) is 0 Å². The number of carbonyl (C=O) groups excluding carboxylic acids is 1. The Kier molecular flexibility index (Phi) is 7.77. The molecule has 2 aliphatic carbocycles. The quantitative estimate of drug-likeness (QED) is 0.332. The lowest BCUT2D eigenvalue weighted by Gasteiger charge is -2.43. The number of rotatable bonds is 5. The van der Waals surface area contributed by atoms with Gasteiger partial charge in [-0.25, -0.2) is 17.2 Å². The number of aliphatic carboxylic acids is 1. The number of carboxylic acids is 1. The molecule has 1 aromatic carbocycles. The maximum Gasteiger partial charge on any atom is 0.436 e. The fourth-order valence-corrected chi connectivity index (χ4v) is 9.24. The van der Waals surface area contributed by atoms with Crippen molar-refractivity contribution in [1.82, 2.24) is 9.88 Å². The van der Waals surface area contributed by atoms with Crippen molar-refractivity contribution in [1.29, 1.82) is 0 Å². The molecule has 1 saturated heterocycles. The molecule has 44 heavy (non-hydrogen) atoms. The number of carboxylic acid groups (broad SMARTS) is 1. The lowest BCUT2D eigenvalue weighted by atomic mass is 9.79. The number of aryl methyl sites for hydroxylation is 1. The van der Waals surface area contributed by atoms with Gasteiger partial charge in [-0.3, -0.25) is 14.6 Å². The molecule has 0 radical (unpaired) electrons. The van der Waals surface area contributed by atoms with Crippen LogP contribution in [0.4, 0.5) is 35.1 Å². The predicted octanol–water partition coefficient (Wildman–Crippen LogP) is 5.62. The Morgan fingerprint density at radius 1 is 0.909 bits per heavy atom. The Bertz CT molecular complexity index is 1560. The zero-order chi connectivity index (χ0) is 32.5. The normalized spacial score (nSPS) is 26.2. The summed E-state index contributed by atoms with van der Waals surface area (Å²) in [6, 6.07) is 2.81. The molecule has 0 bridgehead atoms. The summed E-state index contributed by atoms with van der Waals surface area (Å²) in [5, 5.41) is 9.29. The maximum absolute atomic E-state index is 14.9. The third kappa shape index (κ3) is 4.74. The minimum absolute atomic E-state index is 0.0295. The van der Waals surface area contributed by atoms with E-state index in [1.54, 1.807) is 0 Å². The van der Waals surface area contributed by atoms with Crippen molar-refractivity contribution in [2.45, 2.75) is 78.7 Å². The van der Waals surface area contributed by atoms with Gasteiger partial charge in [0.1, 0.15) is 10.6 Å². The highest BCUT2D eigenvalue weighted by molar-refractivity contribution is 7.92. The molecule has 2 atom stereocenters. The number of hydrogen-bond acceptors (Lipinski definition) is 5. The van der Waals surface area contributed by atoms with Crippen LogP contribution in [-0.2, 0) is 36.3 Å². The van der Waals surface area contributed by atoms with E-state index < -0.39 is 84.3 Å². The molecular weight excluding hydrogens is 628 g/mol. The number of benzene rings is 1. The van der Waals surface area contributed by atoms with Gasteiger partial charge in [0.05, 0.1) is 22.5 Å². The van der Waals surface area contributed by atoms with Gasteiger partial charge in [-0.05, 0) is 80.8 Å². The first-order valence-electron chi connectivity index (χ1n) is 13.7. The van der Waals surface area contributed by atoms with Gasteiger partial charge < -0.3 is 10.0 Å². The highest BCUT2D eigenvalue weighted by Gasteiger charge is 2.74. The minimum atomic E-state index is -6.41. The number of carbonyl (C=O) groups is 2. The summed E-state index contributed by atoms with van der Waals surface area (Å²) < 4.78 is 136. The predicted molar refractivity (Wildman–Crippen MR) is 136 cm³/mol. The van der Waals surface area contributed by atoms with Gasteiger partial charge in [0.25, 0.3) is 0 Å². The molecule has 2 aromatic rings. The summed E-state index contributed by atoms with van der Waals surface area (Å²) in [7, 11) is -4.65. The van der Waals surface area contributed by atoms with Crippen LogP contribution in [0.2, 0.25) is 0 Å². The van der Waals surface area contributed by atoms with Crippen molar-refractivity contribution in [3.05, 3.63) is 59.2 Å². The van der Waals surface area contributed by atoms with Gasteiger partial charge in [-0.2, -0.15) is 26.3 Å². The van der Waals surface area contributed by atoms with Crippen molar-refractivity contribution in [3.8, 4) is 0 Å². The van der Waals surface area contributed by atoms with Gasteiger partial charge in [0.2, 0.25) is 5.91 Å². The van der Waals surface area contributed by atoms with E-state index in [0.717, 1.165) is 24.3 Å². The first-order chi connectivity index (χ1) is 20.4. The number of fused-ring (bicyclic) bond motifs is 3. The standard InChI is InChI=1S/C28H26F8N2O5S/c29-19-6-8-20(9-7-19)44(42,43)25-11-12-38(23(39)15-1-3-16(4-2-15)24(40)41)21(25)10-5-17-13-18(14-37-22(17)25)26(30,27(31,32)33)28(34,35)36/h6-9,13-16,21H,1-5,10-12H2,(H,40,41)/t15-,16-,21?,25?. The smallest absolute Gasteiger partial charge is 0.436 e. The molecule has 1 N–H and O–H groups in total. The molecule has 0 spiro atoms. The Morgan fingerprint density at radius 2 is 1.48 bits per heavy atom. The number of likely N-dealkylation sites (tertiary alicyclic amines) is 1. The second-order valence-electron chi connectivity index (χ2n) is 11.5. The molecule has 1 aromatic heterocycles. The van der Waals surface area contributed by atoms with E-state index in [2.05, 4.69) is 4.98 Å². The Hall–Kier alpha value is -3.30. The van der Waals surface area contributed by atoms with Crippen LogP contribution in [0.15, 0.2) is 41.4 Å². The van der Waals surface area contributed by atoms with Gasteiger partial charge >= 0.3 is 24.0 Å². The fourth-order valence-electron chi connectivity index (χ4n) is 6.93. The van der Waals surface area contributed by atoms with Crippen LogP contribution < -0.4 is 0 Å². The molecule has 5 rings (SSSR count).